The molecular formula is C20H12BrN3O3. The number of furan rings is 1. The van der Waals surface area contributed by atoms with Crippen LogP contribution in [0.1, 0.15) is 11.1 Å². The third kappa shape index (κ3) is 2.28. The molecule has 132 valence electrons. The molecule has 1 aromatic carbocycles. The Bertz CT molecular complexity index is 1310. The smallest absolute Gasteiger partial charge is 0.259 e. The molecule has 27 heavy (non-hydrogen) atoms. The van der Waals surface area contributed by atoms with Crippen molar-refractivity contribution in [3.63, 3.8) is 0 Å². The Kier molecular flexibility index (Phi) is 3.35. The number of aryl methyl sites for hydroxylation is 1. The molecule has 0 bridgehead atoms. The summed E-state index contributed by atoms with van der Waals surface area (Å²) in [6.07, 6.45) is 4.96. The topological polar surface area (TPSA) is 77.1 Å². The van der Waals surface area contributed by atoms with Crippen LogP contribution < -0.4 is 5.32 Å². The number of aromatic nitrogens is 2. The number of rotatable bonds is 2. The number of amides is 2. The van der Waals surface area contributed by atoms with Crippen LogP contribution in [-0.2, 0) is 16.6 Å². The Hall–Kier alpha value is -3.19. The summed E-state index contributed by atoms with van der Waals surface area (Å²) in [5.41, 5.74) is 3.29. The third-order valence-electron chi connectivity index (χ3n) is 4.77. The number of nitrogens with one attached hydrogen (secondary N) is 1. The molecular weight excluding hydrogens is 410 g/mol. The molecule has 0 saturated heterocycles. The molecule has 0 spiro atoms. The number of carbonyl (C=O) groups is 2. The minimum atomic E-state index is -0.437. The average molecular weight is 422 g/mol. The van der Waals surface area contributed by atoms with Gasteiger partial charge in [-0.05, 0) is 30.3 Å². The van der Waals surface area contributed by atoms with E-state index in [4.69, 9.17) is 4.42 Å². The van der Waals surface area contributed by atoms with Crippen LogP contribution >= 0.6 is 15.9 Å². The molecule has 1 aliphatic rings. The van der Waals surface area contributed by atoms with Crippen LogP contribution in [0, 0.1) is 0 Å². The van der Waals surface area contributed by atoms with Crippen molar-refractivity contribution in [1.29, 1.82) is 0 Å². The highest BCUT2D eigenvalue weighted by atomic mass is 79.9. The molecule has 4 heterocycles. The fraction of sp³-hybridized carbons (Fsp3) is 0.0500. The molecule has 0 radical (unpaired) electrons. The van der Waals surface area contributed by atoms with E-state index in [1.807, 2.05) is 42.1 Å². The number of hydrogen-bond donors (Lipinski definition) is 1. The summed E-state index contributed by atoms with van der Waals surface area (Å²) >= 11 is 3.48. The van der Waals surface area contributed by atoms with Gasteiger partial charge in [-0.1, -0.05) is 15.9 Å². The van der Waals surface area contributed by atoms with Crippen molar-refractivity contribution in [3.8, 4) is 0 Å². The second-order valence-corrected chi connectivity index (χ2v) is 7.27. The van der Waals surface area contributed by atoms with Crippen molar-refractivity contribution in [3.05, 3.63) is 64.6 Å². The van der Waals surface area contributed by atoms with Crippen LogP contribution in [-0.4, -0.2) is 21.4 Å². The Morgan fingerprint density at radius 2 is 1.85 bits per heavy atom. The summed E-state index contributed by atoms with van der Waals surface area (Å²) in [7, 11) is 1.91. The number of imide groups is 1. The fourth-order valence-corrected chi connectivity index (χ4v) is 3.96. The molecule has 0 unspecified atom stereocenters. The van der Waals surface area contributed by atoms with Gasteiger partial charge in [-0.15, -0.1) is 0 Å². The lowest BCUT2D eigenvalue weighted by molar-refractivity contribution is -0.122. The summed E-state index contributed by atoms with van der Waals surface area (Å²) in [6, 6.07) is 9.44. The number of nitrogens with zero attached hydrogens (tertiary/aromatic N) is 2. The van der Waals surface area contributed by atoms with Gasteiger partial charge in [-0.25, -0.2) is 4.98 Å². The van der Waals surface area contributed by atoms with Crippen molar-refractivity contribution >= 4 is 60.9 Å². The second kappa shape index (κ2) is 5.65. The van der Waals surface area contributed by atoms with E-state index < -0.39 is 11.8 Å². The Labute approximate surface area is 161 Å². The zero-order chi connectivity index (χ0) is 18.7. The summed E-state index contributed by atoms with van der Waals surface area (Å²) in [6.45, 7) is 0. The minimum Gasteiger partial charge on any atom is -0.445 e. The maximum Gasteiger partial charge on any atom is 0.259 e. The molecule has 5 rings (SSSR count). The summed E-state index contributed by atoms with van der Waals surface area (Å²) in [5, 5.41) is 4.00. The lowest BCUT2D eigenvalue weighted by atomic mass is 9.96. The molecule has 6 nitrogen and oxygen atoms in total. The maximum absolute atomic E-state index is 12.7. The molecule has 2 amide bonds. The standard InChI is InChI=1S/C20H12BrN3O3/c1-24-8-13(12-7-10(21)4-5-15(12)24)16-17(19(26)23-18(16)25)14-9-27-20-11(14)3-2-6-22-20/h2-9H,1H3,(H,23,25,26). The van der Waals surface area contributed by atoms with Crippen molar-refractivity contribution < 1.29 is 14.0 Å². The third-order valence-corrected chi connectivity index (χ3v) is 5.26. The van der Waals surface area contributed by atoms with Crippen LogP contribution in [0.3, 0.4) is 0 Å². The average Bonchev–Trinajstić information content (AvgIpc) is 3.28. The second-order valence-electron chi connectivity index (χ2n) is 6.35. The van der Waals surface area contributed by atoms with Gasteiger partial charge in [0.25, 0.3) is 11.8 Å². The molecule has 0 aliphatic carbocycles. The fourth-order valence-electron chi connectivity index (χ4n) is 3.59. The molecule has 0 saturated carbocycles. The highest BCUT2D eigenvalue weighted by molar-refractivity contribution is 9.10. The zero-order valence-corrected chi connectivity index (χ0v) is 15.7. The quantitative estimate of drug-likeness (QED) is 0.501. The minimum absolute atomic E-state index is 0.305. The lowest BCUT2D eigenvalue weighted by Crippen LogP contribution is -2.22. The highest BCUT2D eigenvalue weighted by Crippen LogP contribution is 2.38. The summed E-state index contributed by atoms with van der Waals surface area (Å²) in [5.74, 6) is -0.853. The zero-order valence-electron chi connectivity index (χ0n) is 14.1. The monoisotopic (exact) mass is 421 g/mol. The first-order valence-electron chi connectivity index (χ1n) is 8.22. The molecule has 7 heteroatoms. The predicted molar refractivity (Wildman–Crippen MR) is 105 cm³/mol. The van der Waals surface area contributed by atoms with Gasteiger partial charge in [0.05, 0.1) is 11.1 Å². The van der Waals surface area contributed by atoms with Gasteiger partial charge in [-0.2, -0.15) is 0 Å². The van der Waals surface area contributed by atoms with E-state index in [0.29, 0.717) is 33.4 Å². The van der Waals surface area contributed by atoms with Crippen molar-refractivity contribution in [1.82, 2.24) is 14.9 Å². The van der Waals surface area contributed by atoms with Gasteiger partial charge in [0, 0.05) is 51.3 Å². The van der Waals surface area contributed by atoms with Gasteiger partial charge in [0.2, 0.25) is 5.71 Å². The Balaban J connectivity index is 1.87. The van der Waals surface area contributed by atoms with Crippen LogP contribution in [0.4, 0.5) is 0 Å². The van der Waals surface area contributed by atoms with E-state index in [1.165, 1.54) is 6.26 Å². The van der Waals surface area contributed by atoms with Crippen LogP contribution in [0.5, 0.6) is 0 Å². The van der Waals surface area contributed by atoms with E-state index in [9.17, 15) is 9.59 Å². The number of pyridine rings is 1. The molecule has 1 N–H and O–H groups in total. The van der Waals surface area contributed by atoms with E-state index in [2.05, 4.69) is 26.2 Å². The molecule has 0 atom stereocenters. The first-order valence-corrected chi connectivity index (χ1v) is 9.01. The van der Waals surface area contributed by atoms with Crippen molar-refractivity contribution in [2.75, 3.05) is 0 Å². The first-order chi connectivity index (χ1) is 13.0. The van der Waals surface area contributed by atoms with E-state index in [-0.39, 0.29) is 0 Å². The Morgan fingerprint density at radius 1 is 1.07 bits per heavy atom. The van der Waals surface area contributed by atoms with Crippen LogP contribution in [0.25, 0.3) is 33.1 Å². The van der Waals surface area contributed by atoms with Gasteiger partial charge in [0.15, 0.2) is 0 Å². The normalized spacial score (nSPS) is 14.6. The van der Waals surface area contributed by atoms with E-state index in [1.54, 1.807) is 12.3 Å². The highest BCUT2D eigenvalue weighted by Gasteiger charge is 2.35. The SMILES string of the molecule is Cn1cc(C2=C(c3coc4ncccc34)C(=O)NC2=O)c2cc(Br)ccc21. The van der Waals surface area contributed by atoms with E-state index >= 15 is 0 Å². The predicted octanol–water partition coefficient (Wildman–Crippen LogP) is 3.65. The van der Waals surface area contributed by atoms with Gasteiger partial charge in [-0.3, -0.25) is 14.9 Å². The molecule has 4 aromatic rings. The van der Waals surface area contributed by atoms with Crippen molar-refractivity contribution in [2.45, 2.75) is 0 Å². The van der Waals surface area contributed by atoms with E-state index in [0.717, 1.165) is 15.4 Å². The molecule has 0 fully saturated rings. The largest absolute Gasteiger partial charge is 0.445 e. The number of hydrogen-bond acceptors (Lipinski definition) is 4. The first kappa shape index (κ1) is 16.0. The lowest BCUT2D eigenvalue weighted by Gasteiger charge is -2.02. The maximum atomic E-state index is 12.7. The van der Waals surface area contributed by atoms with Crippen LogP contribution in [0.2, 0.25) is 0 Å². The Morgan fingerprint density at radius 3 is 2.67 bits per heavy atom. The number of fused-ring (bicyclic) bond motifs is 2. The van der Waals surface area contributed by atoms with Gasteiger partial charge < -0.3 is 8.98 Å². The summed E-state index contributed by atoms with van der Waals surface area (Å²) < 4.78 is 8.32. The van der Waals surface area contributed by atoms with Gasteiger partial charge in [0.1, 0.15) is 6.26 Å². The van der Waals surface area contributed by atoms with Crippen molar-refractivity contribution in [2.24, 2.45) is 7.05 Å². The number of halogens is 1. The number of benzene rings is 1. The number of carbonyl (C=O) groups excluding carboxylic acids is 2. The van der Waals surface area contributed by atoms with Gasteiger partial charge >= 0.3 is 0 Å². The molecule has 3 aromatic heterocycles. The van der Waals surface area contributed by atoms with Crippen LogP contribution in [0.15, 0.2) is 57.9 Å². The summed E-state index contributed by atoms with van der Waals surface area (Å²) in [4.78, 5) is 29.5. The molecule has 1 aliphatic heterocycles.